The SMILES string of the molecule is COc1ccc(-c2cccc(/C=C/c3cc(OC)c(C=O)c(OC)c3)c2C)cc1.COc1ccc(-c2cccc(/C=C/c3cc(OC)c(CNc4cccc(O)c4C(=O)O)c(OC)c3)c2C)cc1.Nc1cccc(O)c1C(=O)O. The number of methoxy groups -OCH3 is 6. The molecule has 7 N–H and O–H groups in total. The molecule has 0 aliphatic rings. The summed E-state index contributed by atoms with van der Waals surface area (Å²) in [5.74, 6) is 0.745. The Morgan fingerprint density at radius 1 is 0.506 bits per heavy atom. The number of hydrogen-bond donors (Lipinski definition) is 6. The molecule has 406 valence electrons. The number of hydrogen-bond acceptors (Lipinski definition) is 13. The van der Waals surface area contributed by atoms with Crippen LogP contribution in [-0.4, -0.2) is 81.3 Å². The van der Waals surface area contributed by atoms with Gasteiger partial charge in [-0.3, -0.25) is 4.79 Å². The highest BCUT2D eigenvalue weighted by Crippen LogP contribution is 2.36. The van der Waals surface area contributed by atoms with Crippen LogP contribution in [0.4, 0.5) is 11.4 Å². The van der Waals surface area contributed by atoms with E-state index in [1.54, 1.807) is 40.6 Å². The number of carbonyl (C=O) groups excluding carboxylic acids is 1. The van der Waals surface area contributed by atoms with Crippen LogP contribution in [0.15, 0.2) is 146 Å². The number of nitrogen functional groups attached to an aromatic ring is 1. The minimum absolute atomic E-state index is 0.0671. The molecule has 0 aliphatic carbocycles. The molecule has 0 radical (unpaired) electrons. The summed E-state index contributed by atoms with van der Waals surface area (Å²) in [6.07, 6.45) is 8.84. The third-order valence-corrected chi connectivity index (χ3v) is 12.8. The van der Waals surface area contributed by atoms with Crippen molar-refractivity contribution in [1.82, 2.24) is 0 Å². The maximum atomic E-state index is 11.6. The van der Waals surface area contributed by atoms with E-state index in [9.17, 15) is 24.6 Å². The van der Waals surface area contributed by atoms with E-state index in [0.29, 0.717) is 34.2 Å². The molecule has 0 heterocycles. The van der Waals surface area contributed by atoms with Crippen LogP contribution in [0.1, 0.15) is 70.0 Å². The number of carboxylic acid groups (broad SMARTS) is 2. The number of nitrogens with one attached hydrogen (secondary N) is 1. The van der Waals surface area contributed by atoms with Crippen LogP contribution in [-0.2, 0) is 6.54 Å². The molecule has 8 rings (SSSR count). The van der Waals surface area contributed by atoms with Crippen LogP contribution in [0.2, 0.25) is 0 Å². The van der Waals surface area contributed by atoms with Gasteiger partial charge < -0.3 is 59.9 Å². The van der Waals surface area contributed by atoms with Gasteiger partial charge in [-0.1, -0.05) is 97.1 Å². The highest BCUT2D eigenvalue weighted by atomic mass is 16.5. The highest BCUT2D eigenvalue weighted by molar-refractivity contribution is 5.97. The molecule has 15 nitrogen and oxygen atoms in total. The first-order chi connectivity index (χ1) is 38.1. The van der Waals surface area contributed by atoms with E-state index in [2.05, 4.69) is 67.7 Å². The van der Waals surface area contributed by atoms with Crippen molar-refractivity contribution in [2.45, 2.75) is 20.4 Å². The van der Waals surface area contributed by atoms with Crippen molar-refractivity contribution in [3.8, 4) is 68.2 Å². The van der Waals surface area contributed by atoms with E-state index in [0.717, 1.165) is 67.9 Å². The zero-order valence-electron chi connectivity index (χ0n) is 45.0. The minimum Gasteiger partial charge on any atom is -0.507 e. The summed E-state index contributed by atoms with van der Waals surface area (Å²) in [7, 11) is 9.55. The molecule has 0 saturated heterocycles. The number of benzene rings is 8. The third-order valence-electron chi connectivity index (χ3n) is 12.8. The van der Waals surface area contributed by atoms with Gasteiger partial charge in [-0.05, 0) is 142 Å². The number of nitrogens with two attached hydrogens (primary N) is 1. The lowest BCUT2D eigenvalue weighted by atomic mass is 9.96. The molecule has 0 aliphatic heterocycles. The second-order valence-electron chi connectivity index (χ2n) is 17.4. The van der Waals surface area contributed by atoms with E-state index in [4.69, 9.17) is 44.4 Å². The Morgan fingerprint density at radius 2 is 0.911 bits per heavy atom. The zero-order chi connectivity index (χ0) is 57.2. The second-order valence-corrected chi connectivity index (χ2v) is 17.4. The Bertz CT molecular complexity index is 3430. The summed E-state index contributed by atoms with van der Waals surface area (Å²) < 4.78 is 32.5. The maximum absolute atomic E-state index is 11.6. The van der Waals surface area contributed by atoms with Crippen LogP contribution in [0.5, 0.6) is 46.0 Å². The molecule has 79 heavy (non-hydrogen) atoms. The first-order valence-electron chi connectivity index (χ1n) is 24.5. The van der Waals surface area contributed by atoms with Crippen molar-refractivity contribution in [1.29, 1.82) is 0 Å². The summed E-state index contributed by atoms with van der Waals surface area (Å²) in [6, 6.07) is 44.6. The van der Waals surface area contributed by atoms with Gasteiger partial charge in [0.2, 0.25) is 0 Å². The van der Waals surface area contributed by atoms with Crippen LogP contribution >= 0.6 is 0 Å². The van der Waals surface area contributed by atoms with E-state index in [1.807, 2.05) is 84.9 Å². The summed E-state index contributed by atoms with van der Waals surface area (Å²) >= 11 is 0. The molecular weight excluding hydrogens is 1000 g/mol. The van der Waals surface area contributed by atoms with E-state index >= 15 is 0 Å². The molecule has 0 saturated carbocycles. The first-order valence-corrected chi connectivity index (χ1v) is 24.5. The van der Waals surface area contributed by atoms with Crippen molar-refractivity contribution < 1.29 is 63.2 Å². The molecule has 0 aromatic heterocycles. The molecule has 15 heteroatoms. The van der Waals surface area contributed by atoms with Gasteiger partial charge in [0.1, 0.15) is 57.1 Å². The second kappa shape index (κ2) is 27.6. The van der Waals surface area contributed by atoms with Gasteiger partial charge in [-0.15, -0.1) is 0 Å². The predicted molar refractivity (Wildman–Crippen MR) is 311 cm³/mol. The fourth-order valence-corrected chi connectivity index (χ4v) is 8.54. The third kappa shape index (κ3) is 14.4. The Labute approximate surface area is 459 Å². The molecule has 0 atom stereocenters. The number of phenols is 2. The van der Waals surface area contributed by atoms with Gasteiger partial charge >= 0.3 is 11.9 Å². The number of rotatable bonds is 18. The van der Waals surface area contributed by atoms with Gasteiger partial charge in [0.25, 0.3) is 0 Å². The summed E-state index contributed by atoms with van der Waals surface area (Å²) in [4.78, 5) is 33.4. The summed E-state index contributed by atoms with van der Waals surface area (Å²) in [5, 5.41) is 40.1. The van der Waals surface area contributed by atoms with Crippen LogP contribution in [0, 0.1) is 13.8 Å². The summed E-state index contributed by atoms with van der Waals surface area (Å²) in [5.41, 5.74) is 17.2. The lowest BCUT2D eigenvalue weighted by molar-refractivity contribution is 0.0683. The number of aromatic carboxylic acids is 2. The fraction of sp³-hybridized carbons (Fsp3) is 0.141. The normalized spacial score (nSPS) is 10.6. The van der Waals surface area contributed by atoms with Crippen molar-refractivity contribution in [3.63, 3.8) is 0 Å². The smallest absolute Gasteiger partial charge is 0.341 e. The van der Waals surface area contributed by atoms with E-state index in [-0.39, 0.29) is 34.9 Å². The fourth-order valence-electron chi connectivity index (χ4n) is 8.54. The molecule has 0 spiro atoms. The molecule has 0 fully saturated rings. The molecule has 8 aromatic rings. The number of aromatic hydroxyl groups is 2. The molecule has 0 amide bonds. The molecule has 8 aromatic carbocycles. The van der Waals surface area contributed by atoms with Gasteiger partial charge in [-0.25, -0.2) is 9.59 Å². The average molecular weight is 1070 g/mol. The lowest BCUT2D eigenvalue weighted by Gasteiger charge is -2.17. The zero-order valence-corrected chi connectivity index (χ0v) is 45.0. The topological polar surface area (TPSA) is 226 Å². The van der Waals surface area contributed by atoms with Crippen LogP contribution < -0.4 is 39.5 Å². The Balaban J connectivity index is 0.000000220. The van der Waals surface area contributed by atoms with Crippen molar-refractivity contribution in [2.24, 2.45) is 0 Å². The highest BCUT2D eigenvalue weighted by Gasteiger charge is 2.18. The lowest BCUT2D eigenvalue weighted by Crippen LogP contribution is -2.08. The van der Waals surface area contributed by atoms with Crippen molar-refractivity contribution >= 4 is 53.9 Å². The number of carboxylic acids is 2. The summed E-state index contributed by atoms with van der Waals surface area (Å²) in [6.45, 7) is 4.43. The maximum Gasteiger partial charge on any atom is 0.341 e. The van der Waals surface area contributed by atoms with Gasteiger partial charge in [-0.2, -0.15) is 0 Å². The molecule has 0 unspecified atom stereocenters. The van der Waals surface area contributed by atoms with Gasteiger partial charge in [0.15, 0.2) is 6.29 Å². The van der Waals surface area contributed by atoms with Gasteiger partial charge in [0, 0.05) is 12.2 Å². The quantitative estimate of drug-likeness (QED) is 0.0267. The monoisotopic (exact) mass is 1070 g/mol. The van der Waals surface area contributed by atoms with Crippen molar-refractivity contribution in [3.05, 3.63) is 201 Å². The Hall–Kier alpha value is -10.2. The number of ether oxygens (including phenoxy) is 6. The first kappa shape index (κ1) is 58.1. The van der Waals surface area contributed by atoms with Crippen LogP contribution in [0.25, 0.3) is 46.6 Å². The molecule has 0 bridgehead atoms. The number of anilines is 2. The molecular formula is C64H62N2O13. The number of carbonyl (C=O) groups is 3. The predicted octanol–water partition coefficient (Wildman–Crippen LogP) is 13.2. The van der Waals surface area contributed by atoms with E-state index < -0.39 is 11.9 Å². The van der Waals surface area contributed by atoms with Crippen molar-refractivity contribution in [2.75, 3.05) is 53.7 Å². The average Bonchev–Trinajstić information content (AvgIpc) is 3.45. The standard InChI is InChI=1S/C32H31NO6.C25H24O4.C7H7NO3/c1-20-22(7-5-8-25(20)23-13-15-24(37-2)16-14-23)12-11-21-17-29(38-3)26(30(18-21)39-4)19-33-27-9-6-10-28(34)31(27)32(35)36;1-17-19(6-5-7-22(17)20-10-12-21(27-2)13-11-20)9-8-18-14-24(28-3)23(16-26)25(15-18)29-4;8-4-2-1-3-5(9)6(4)7(10)11/h5-18,33-34H,19H2,1-4H3,(H,35,36);5-16H,1-4H3;1-3,9H,8H2,(H,10,11)/b12-11+;9-8+;. The van der Waals surface area contributed by atoms with Crippen LogP contribution in [0.3, 0.4) is 0 Å². The Morgan fingerprint density at radius 3 is 1.29 bits per heavy atom. The minimum atomic E-state index is -1.22. The van der Waals surface area contributed by atoms with Gasteiger partial charge in [0.05, 0.1) is 59.5 Å². The largest absolute Gasteiger partial charge is 0.507 e. The number of aldehydes is 1. The Kier molecular flexibility index (Phi) is 20.3. The van der Waals surface area contributed by atoms with E-state index in [1.165, 1.54) is 49.6 Å².